The van der Waals surface area contributed by atoms with Gasteiger partial charge in [0.15, 0.2) is 0 Å². The van der Waals surface area contributed by atoms with Crippen LogP contribution in [-0.4, -0.2) is 43.8 Å². The zero-order valence-corrected chi connectivity index (χ0v) is 9.96. The van der Waals surface area contributed by atoms with Crippen molar-refractivity contribution >= 4 is 0 Å². The maximum Gasteiger partial charge on any atom is 0.0600 e. The van der Waals surface area contributed by atoms with Crippen LogP contribution in [0.5, 0.6) is 0 Å². The summed E-state index contributed by atoms with van der Waals surface area (Å²) in [6.45, 7) is 11.1. The van der Waals surface area contributed by atoms with E-state index in [9.17, 15) is 0 Å². The largest absolute Gasteiger partial charge is 0.377 e. The SMILES string of the molecule is CC.CCN1CCC(OCCN)CC1. The fourth-order valence-electron chi connectivity index (χ4n) is 1.63. The number of hydrogen-bond donors (Lipinski definition) is 1. The van der Waals surface area contributed by atoms with Crippen molar-refractivity contribution in [1.82, 2.24) is 4.90 Å². The maximum atomic E-state index is 5.57. The second kappa shape index (κ2) is 9.44. The molecule has 0 atom stereocenters. The van der Waals surface area contributed by atoms with E-state index in [4.69, 9.17) is 10.5 Å². The third-order valence-corrected chi connectivity index (χ3v) is 2.45. The summed E-state index contributed by atoms with van der Waals surface area (Å²) in [4.78, 5) is 2.46. The standard InChI is InChI=1S/C9H20N2O.C2H6/c1-2-11-6-3-9(4-7-11)12-8-5-10;1-2/h9H,2-8,10H2,1H3;1-2H3. The topological polar surface area (TPSA) is 38.5 Å². The van der Waals surface area contributed by atoms with E-state index in [1.54, 1.807) is 0 Å². The molecule has 0 aromatic rings. The van der Waals surface area contributed by atoms with Gasteiger partial charge in [-0.1, -0.05) is 20.8 Å². The molecule has 0 amide bonds. The van der Waals surface area contributed by atoms with Crippen molar-refractivity contribution < 1.29 is 4.74 Å². The number of likely N-dealkylation sites (tertiary alicyclic amines) is 1. The number of hydrogen-bond acceptors (Lipinski definition) is 3. The molecule has 1 aliphatic rings. The summed E-state index contributed by atoms with van der Waals surface area (Å²) in [6.07, 6.45) is 2.82. The van der Waals surface area contributed by atoms with Crippen molar-refractivity contribution in [1.29, 1.82) is 0 Å². The van der Waals surface area contributed by atoms with E-state index in [-0.39, 0.29) is 0 Å². The van der Waals surface area contributed by atoms with Gasteiger partial charge in [0.1, 0.15) is 0 Å². The fourth-order valence-corrected chi connectivity index (χ4v) is 1.63. The number of nitrogens with zero attached hydrogens (tertiary/aromatic N) is 1. The van der Waals surface area contributed by atoms with Crippen molar-refractivity contribution in [3.05, 3.63) is 0 Å². The Kier molecular flexibility index (Phi) is 9.35. The Labute approximate surface area is 88.6 Å². The summed E-state index contributed by atoms with van der Waals surface area (Å²) in [5, 5.41) is 0. The molecule has 0 unspecified atom stereocenters. The quantitative estimate of drug-likeness (QED) is 0.750. The van der Waals surface area contributed by atoms with Crippen molar-refractivity contribution in [3.63, 3.8) is 0 Å². The first kappa shape index (κ1) is 13.9. The third-order valence-electron chi connectivity index (χ3n) is 2.45. The van der Waals surface area contributed by atoms with Crippen LogP contribution in [0.2, 0.25) is 0 Å². The Morgan fingerprint density at radius 1 is 1.29 bits per heavy atom. The van der Waals surface area contributed by atoms with Crippen molar-refractivity contribution in [2.45, 2.75) is 39.7 Å². The molecule has 3 heteroatoms. The van der Waals surface area contributed by atoms with Gasteiger partial charge in [-0.3, -0.25) is 0 Å². The summed E-state index contributed by atoms with van der Waals surface area (Å²) in [5.74, 6) is 0. The highest BCUT2D eigenvalue weighted by molar-refractivity contribution is 4.71. The van der Waals surface area contributed by atoms with Gasteiger partial charge in [-0.05, 0) is 19.4 Å². The molecule has 3 nitrogen and oxygen atoms in total. The first-order valence-corrected chi connectivity index (χ1v) is 5.90. The van der Waals surface area contributed by atoms with Gasteiger partial charge in [-0.15, -0.1) is 0 Å². The van der Waals surface area contributed by atoms with Gasteiger partial charge in [0, 0.05) is 19.6 Å². The summed E-state index contributed by atoms with van der Waals surface area (Å²) < 4.78 is 5.57. The molecule has 0 aliphatic carbocycles. The monoisotopic (exact) mass is 202 g/mol. The normalized spacial score (nSPS) is 18.9. The van der Waals surface area contributed by atoms with Crippen LogP contribution in [0.3, 0.4) is 0 Å². The van der Waals surface area contributed by atoms with Gasteiger partial charge >= 0.3 is 0 Å². The highest BCUT2D eigenvalue weighted by Crippen LogP contribution is 2.12. The molecule has 0 spiro atoms. The van der Waals surface area contributed by atoms with Gasteiger partial charge in [0.25, 0.3) is 0 Å². The molecule has 86 valence electrons. The third kappa shape index (κ3) is 5.58. The molecule has 1 fully saturated rings. The Morgan fingerprint density at radius 2 is 1.86 bits per heavy atom. The van der Waals surface area contributed by atoms with Crippen LogP contribution in [0.25, 0.3) is 0 Å². The van der Waals surface area contributed by atoms with Crippen LogP contribution in [0.4, 0.5) is 0 Å². The minimum Gasteiger partial charge on any atom is -0.377 e. The highest BCUT2D eigenvalue weighted by atomic mass is 16.5. The molecule has 14 heavy (non-hydrogen) atoms. The van der Waals surface area contributed by atoms with Gasteiger partial charge in [0.05, 0.1) is 12.7 Å². The molecule has 0 aromatic carbocycles. The van der Waals surface area contributed by atoms with E-state index >= 15 is 0 Å². The second-order valence-electron chi connectivity index (χ2n) is 3.29. The molecule has 0 radical (unpaired) electrons. The highest BCUT2D eigenvalue weighted by Gasteiger charge is 2.17. The van der Waals surface area contributed by atoms with Crippen LogP contribution in [0.15, 0.2) is 0 Å². The zero-order chi connectivity index (χ0) is 10.8. The Hall–Kier alpha value is -0.120. The fraction of sp³-hybridized carbons (Fsp3) is 1.00. The van der Waals surface area contributed by atoms with E-state index in [0.717, 1.165) is 6.61 Å². The Morgan fingerprint density at radius 3 is 2.29 bits per heavy atom. The average molecular weight is 202 g/mol. The zero-order valence-electron chi connectivity index (χ0n) is 9.96. The van der Waals surface area contributed by atoms with Crippen LogP contribution < -0.4 is 5.73 Å². The van der Waals surface area contributed by atoms with Gasteiger partial charge < -0.3 is 15.4 Å². The summed E-state index contributed by atoms with van der Waals surface area (Å²) in [7, 11) is 0. The predicted molar refractivity (Wildman–Crippen MR) is 61.5 cm³/mol. The lowest BCUT2D eigenvalue weighted by Crippen LogP contribution is -2.37. The number of ether oxygens (including phenoxy) is 1. The molecule has 1 heterocycles. The Balaban J connectivity index is 0.000000791. The molecular weight excluding hydrogens is 176 g/mol. The van der Waals surface area contributed by atoms with E-state index in [0.29, 0.717) is 12.6 Å². The first-order valence-electron chi connectivity index (χ1n) is 5.90. The lowest BCUT2D eigenvalue weighted by atomic mass is 10.1. The van der Waals surface area contributed by atoms with Crippen LogP contribution in [-0.2, 0) is 4.74 Å². The summed E-state index contributed by atoms with van der Waals surface area (Å²) in [6, 6.07) is 0. The van der Waals surface area contributed by atoms with Crippen molar-refractivity contribution in [2.24, 2.45) is 5.73 Å². The average Bonchev–Trinajstić information content (AvgIpc) is 2.30. The van der Waals surface area contributed by atoms with Gasteiger partial charge in [-0.2, -0.15) is 0 Å². The minimum absolute atomic E-state index is 0.469. The molecule has 0 aromatic heterocycles. The summed E-state index contributed by atoms with van der Waals surface area (Å²) >= 11 is 0. The molecule has 1 rings (SSSR count). The van der Waals surface area contributed by atoms with Crippen LogP contribution in [0.1, 0.15) is 33.6 Å². The molecule has 1 saturated heterocycles. The van der Waals surface area contributed by atoms with E-state index in [1.807, 2.05) is 13.8 Å². The van der Waals surface area contributed by atoms with Crippen molar-refractivity contribution in [2.75, 3.05) is 32.8 Å². The van der Waals surface area contributed by atoms with E-state index in [1.165, 1.54) is 32.5 Å². The van der Waals surface area contributed by atoms with E-state index in [2.05, 4.69) is 11.8 Å². The van der Waals surface area contributed by atoms with Crippen LogP contribution >= 0.6 is 0 Å². The lowest BCUT2D eigenvalue weighted by Gasteiger charge is -2.30. The molecular formula is C11H26N2O. The maximum absolute atomic E-state index is 5.57. The van der Waals surface area contributed by atoms with E-state index < -0.39 is 0 Å². The minimum atomic E-state index is 0.469. The van der Waals surface area contributed by atoms with Crippen LogP contribution in [0, 0.1) is 0 Å². The number of piperidine rings is 1. The summed E-state index contributed by atoms with van der Waals surface area (Å²) in [5.41, 5.74) is 5.36. The number of nitrogens with two attached hydrogens (primary N) is 1. The molecule has 2 N–H and O–H groups in total. The molecule has 0 saturated carbocycles. The van der Waals surface area contributed by atoms with Gasteiger partial charge in [0.2, 0.25) is 0 Å². The predicted octanol–water partition coefficient (Wildman–Crippen LogP) is 1.47. The first-order chi connectivity index (χ1) is 6.86. The smallest absolute Gasteiger partial charge is 0.0600 e. The van der Waals surface area contributed by atoms with Gasteiger partial charge in [-0.25, -0.2) is 0 Å². The Bertz CT molecular complexity index is 112. The van der Waals surface area contributed by atoms with Crippen molar-refractivity contribution in [3.8, 4) is 0 Å². The second-order valence-corrected chi connectivity index (χ2v) is 3.29. The molecule has 0 bridgehead atoms. The molecule has 1 aliphatic heterocycles. The number of rotatable bonds is 4. The lowest BCUT2D eigenvalue weighted by molar-refractivity contribution is 0.0126.